The van der Waals surface area contributed by atoms with E-state index in [1.54, 1.807) is 18.2 Å². The lowest BCUT2D eigenvalue weighted by Crippen LogP contribution is -2.29. The Morgan fingerprint density at radius 2 is 2.32 bits per heavy atom. The molecule has 1 aliphatic rings. The molecule has 0 radical (unpaired) electrons. The van der Waals surface area contributed by atoms with Gasteiger partial charge in [-0.15, -0.1) is 0 Å². The third-order valence-corrected chi connectivity index (χ3v) is 3.98. The molecule has 4 nitrogen and oxygen atoms in total. The van der Waals surface area contributed by atoms with Crippen LogP contribution in [0.5, 0.6) is 0 Å². The van der Waals surface area contributed by atoms with Crippen LogP contribution in [0.25, 0.3) is 0 Å². The highest BCUT2D eigenvalue weighted by molar-refractivity contribution is 9.10. The minimum atomic E-state index is -0.0727. The Balaban J connectivity index is 1.78. The Kier molecular flexibility index (Phi) is 5.22. The quantitative estimate of drug-likeness (QED) is 0.836. The smallest absolute Gasteiger partial charge is 0.251 e. The summed E-state index contributed by atoms with van der Waals surface area (Å²) in [5.74, 6) is -0.0727. The second kappa shape index (κ2) is 6.91. The summed E-state index contributed by atoms with van der Waals surface area (Å²) >= 11 is 3.32. The number of rotatable bonds is 4. The lowest BCUT2D eigenvalue weighted by Gasteiger charge is -2.22. The molecule has 1 unspecified atom stereocenters. The highest BCUT2D eigenvalue weighted by Gasteiger charge is 2.14. The zero-order valence-corrected chi connectivity index (χ0v) is 12.4. The molecule has 1 amide bonds. The lowest BCUT2D eigenvalue weighted by atomic mass is 10.1. The van der Waals surface area contributed by atoms with Crippen molar-refractivity contribution in [2.24, 2.45) is 0 Å². The summed E-state index contributed by atoms with van der Waals surface area (Å²) in [6, 6.07) is 5.19. The molecule has 0 saturated carbocycles. The fourth-order valence-electron chi connectivity index (χ4n) is 2.15. The van der Waals surface area contributed by atoms with Crippen LogP contribution in [-0.4, -0.2) is 25.2 Å². The Morgan fingerprint density at radius 3 is 3.00 bits per heavy atom. The van der Waals surface area contributed by atoms with Crippen LogP contribution in [0, 0.1) is 0 Å². The SMILES string of the molecule is Nc1ccc(C(=O)NCCC2CCCCO2)cc1Br. The maximum atomic E-state index is 11.9. The van der Waals surface area contributed by atoms with Gasteiger partial charge in [-0.3, -0.25) is 4.79 Å². The zero-order chi connectivity index (χ0) is 13.7. The molecule has 1 saturated heterocycles. The number of carbonyl (C=O) groups excluding carboxylic acids is 1. The number of nitrogens with one attached hydrogen (secondary N) is 1. The average Bonchev–Trinajstić information content (AvgIpc) is 2.43. The third kappa shape index (κ3) is 4.21. The number of benzene rings is 1. The van der Waals surface area contributed by atoms with Gasteiger partial charge in [-0.25, -0.2) is 0 Å². The van der Waals surface area contributed by atoms with E-state index in [9.17, 15) is 4.79 Å². The van der Waals surface area contributed by atoms with E-state index in [4.69, 9.17) is 10.5 Å². The van der Waals surface area contributed by atoms with E-state index in [1.165, 1.54) is 6.42 Å². The van der Waals surface area contributed by atoms with E-state index in [0.717, 1.165) is 30.3 Å². The molecule has 0 aromatic heterocycles. The van der Waals surface area contributed by atoms with Crippen LogP contribution in [0.4, 0.5) is 5.69 Å². The van der Waals surface area contributed by atoms with Crippen molar-refractivity contribution in [2.45, 2.75) is 31.8 Å². The maximum absolute atomic E-state index is 11.9. The number of carbonyl (C=O) groups is 1. The fraction of sp³-hybridized carbons (Fsp3) is 0.500. The summed E-state index contributed by atoms with van der Waals surface area (Å²) in [5.41, 5.74) is 6.94. The highest BCUT2D eigenvalue weighted by Crippen LogP contribution is 2.20. The molecule has 1 atom stereocenters. The first-order chi connectivity index (χ1) is 9.16. The van der Waals surface area contributed by atoms with Crippen molar-refractivity contribution in [1.82, 2.24) is 5.32 Å². The van der Waals surface area contributed by atoms with Gasteiger partial charge in [-0.1, -0.05) is 0 Å². The van der Waals surface area contributed by atoms with Crippen LogP contribution >= 0.6 is 15.9 Å². The normalized spacial score (nSPS) is 19.1. The van der Waals surface area contributed by atoms with Crippen LogP contribution in [0.3, 0.4) is 0 Å². The van der Waals surface area contributed by atoms with Crippen molar-refractivity contribution >= 4 is 27.5 Å². The van der Waals surface area contributed by atoms with Gasteiger partial charge in [0.25, 0.3) is 5.91 Å². The number of nitrogens with two attached hydrogens (primary N) is 1. The molecule has 1 fully saturated rings. The molecule has 1 aromatic carbocycles. The standard InChI is InChI=1S/C14H19BrN2O2/c15-12-9-10(4-5-13(12)16)14(18)17-7-6-11-3-1-2-8-19-11/h4-5,9,11H,1-3,6-8,16H2,(H,17,18). The van der Waals surface area contributed by atoms with Crippen LogP contribution < -0.4 is 11.1 Å². The molecular weight excluding hydrogens is 308 g/mol. The maximum Gasteiger partial charge on any atom is 0.251 e. The number of hydrogen-bond acceptors (Lipinski definition) is 3. The molecule has 1 aromatic rings. The number of amides is 1. The highest BCUT2D eigenvalue weighted by atomic mass is 79.9. The first kappa shape index (κ1) is 14.3. The van der Waals surface area contributed by atoms with Gasteiger partial charge >= 0.3 is 0 Å². The second-order valence-electron chi connectivity index (χ2n) is 4.77. The van der Waals surface area contributed by atoms with Crippen molar-refractivity contribution in [3.8, 4) is 0 Å². The van der Waals surface area contributed by atoms with E-state index >= 15 is 0 Å². The van der Waals surface area contributed by atoms with Crippen molar-refractivity contribution in [1.29, 1.82) is 0 Å². The minimum Gasteiger partial charge on any atom is -0.398 e. The first-order valence-electron chi connectivity index (χ1n) is 6.61. The molecule has 5 heteroatoms. The average molecular weight is 327 g/mol. The Hall–Kier alpha value is -1.07. The summed E-state index contributed by atoms with van der Waals surface area (Å²) in [5, 5.41) is 2.91. The monoisotopic (exact) mass is 326 g/mol. The molecule has 0 spiro atoms. The van der Waals surface area contributed by atoms with Gasteiger partial charge in [0, 0.05) is 28.9 Å². The van der Waals surface area contributed by atoms with E-state index in [2.05, 4.69) is 21.2 Å². The molecule has 0 bridgehead atoms. The molecule has 0 aliphatic carbocycles. The van der Waals surface area contributed by atoms with Crippen molar-refractivity contribution in [3.05, 3.63) is 28.2 Å². The Labute approximate surface area is 121 Å². The summed E-state index contributed by atoms with van der Waals surface area (Å²) in [6.07, 6.45) is 4.66. The number of anilines is 1. The van der Waals surface area contributed by atoms with Crippen molar-refractivity contribution in [3.63, 3.8) is 0 Å². The van der Waals surface area contributed by atoms with E-state index < -0.39 is 0 Å². The summed E-state index contributed by atoms with van der Waals surface area (Å²) in [4.78, 5) is 11.9. The molecule has 2 rings (SSSR count). The van der Waals surface area contributed by atoms with Gasteiger partial charge in [-0.05, 0) is 59.8 Å². The number of hydrogen-bond donors (Lipinski definition) is 2. The molecule has 1 heterocycles. The van der Waals surface area contributed by atoms with Crippen LogP contribution in [0.15, 0.2) is 22.7 Å². The van der Waals surface area contributed by atoms with Gasteiger partial charge < -0.3 is 15.8 Å². The van der Waals surface area contributed by atoms with Crippen LogP contribution in [0.1, 0.15) is 36.0 Å². The summed E-state index contributed by atoms with van der Waals surface area (Å²) < 4.78 is 6.37. The van der Waals surface area contributed by atoms with E-state index in [1.807, 2.05) is 0 Å². The van der Waals surface area contributed by atoms with Crippen molar-refractivity contribution in [2.75, 3.05) is 18.9 Å². The molecule has 1 aliphatic heterocycles. The predicted octanol–water partition coefficient (Wildman–Crippen LogP) is 2.72. The van der Waals surface area contributed by atoms with Gasteiger partial charge in [0.05, 0.1) is 6.10 Å². The molecule has 19 heavy (non-hydrogen) atoms. The van der Waals surface area contributed by atoms with Gasteiger partial charge in [-0.2, -0.15) is 0 Å². The fourth-order valence-corrected chi connectivity index (χ4v) is 2.53. The number of ether oxygens (including phenoxy) is 1. The number of halogens is 1. The Bertz CT molecular complexity index is 445. The minimum absolute atomic E-state index is 0.0727. The van der Waals surface area contributed by atoms with Gasteiger partial charge in [0.1, 0.15) is 0 Å². The van der Waals surface area contributed by atoms with E-state index in [-0.39, 0.29) is 5.91 Å². The molecule has 104 valence electrons. The Morgan fingerprint density at radius 1 is 1.47 bits per heavy atom. The van der Waals surface area contributed by atoms with Gasteiger partial charge in [0.15, 0.2) is 0 Å². The predicted molar refractivity (Wildman–Crippen MR) is 79.1 cm³/mol. The molecule has 3 N–H and O–H groups in total. The van der Waals surface area contributed by atoms with E-state index in [0.29, 0.717) is 23.9 Å². The zero-order valence-electron chi connectivity index (χ0n) is 10.8. The summed E-state index contributed by atoms with van der Waals surface area (Å²) in [6.45, 7) is 1.50. The second-order valence-corrected chi connectivity index (χ2v) is 5.62. The molecular formula is C14H19BrN2O2. The topological polar surface area (TPSA) is 64.4 Å². The largest absolute Gasteiger partial charge is 0.398 e. The summed E-state index contributed by atoms with van der Waals surface area (Å²) in [7, 11) is 0. The third-order valence-electron chi connectivity index (χ3n) is 3.29. The van der Waals surface area contributed by atoms with Crippen molar-refractivity contribution < 1.29 is 9.53 Å². The number of nitrogen functional groups attached to an aromatic ring is 1. The van der Waals surface area contributed by atoms with Crippen LogP contribution in [-0.2, 0) is 4.74 Å². The lowest BCUT2D eigenvalue weighted by molar-refractivity contribution is 0.0117. The van der Waals surface area contributed by atoms with Crippen LogP contribution in [0.2, 0.25) is 0 Å². The first-order valence-corrected chi connectivity index (χ1v) is 7.41. The van der Waals surface area contributed by atoms with Gasteiger partial charge in [0.2, 0.25) is 0 Å².